The number of carbonyl (C=O) groups is 2. The number of Topliss-reactive ketones (excluding diaryl/α,β-unsaturated/α-hetero) is 1. The van der Waals surface area contributed by atoms with Crippen molar-refractivity contribution in [1.29, 1.82) is 0 Å². The minimum atomic E-state index is -0.608. The highest BCUT2D eigenvalue weighted by Gasteiger charge is 2.28. The second-order valence-corrected chi connectivity index (χ2v) is 3.98. The first-order valence-corrected chi connectivity index (χ1v) is 5.37. The predicted molar refractivity (Wildman–Crippen MR) is 66.1 cm³/mol. The number of rotatable bonds is 3. The van der Waals surface area contributed by atoms with E-state index in [1.54, 1.807) is 49.3 Å². The second-order valence-electron chi connectivity index (χ2n) is 3.98. The van der Waals surface area contributed by atoms with Gasteiger partial charge in [-0.1, -0.05) is 30.3 Å². The molecule has 2 rings (SSSR count). The van der Waals surface area contributed by atoms with Crippen molar-refractivity contribution in [3.05, 3.63) is 47.8 Å². The monoisotopic (exact) mass is 244 g/mol. The molecular weight excluding hydrogens is 232 g/mol. The van der Waals surface area contributed by atoms with Gasteiger partial charge in [-0.15, -0.1) is 0 Å². The van der Waals surface area contributed by atoms with E-state index in [-0.39, 0.29) is 11.6 Å². The first kappa shape index (κ1) is 12.0. The van der Waals surface area contributed by atoms with E-state index >= 15 is 0 Å². The molecule has 5 nitrogen and oxygen atoms in total. The van der Waals surface area contributed by atoms with Gasteiger partial charge in [0.05, 0.1) is 0 Å². The summed E-state index contributed by atoms with van der Waals surface area (Å²) in [5.41, 5.74) is 0.564. The number of esters is 1. The molecule has 1 aromatic carbocycles. The van der Waals surface area contributed by atoms with E-state index in [0.717, 1.165) is 0 Å². The van der Waals surface area contributed by atoms with E-state index in [1.165, 1.54) is 6.20 Å². The maximum Gasteiger partial charge on any atom is 0.365 e. The lowest BCUT2D eigenvalue weighted by Crippen LogP contribution is -2.16. The predicted octanol–water partition coefficient (Wildman–Crippen LogP) is 1.23. The van der Waals surface area contributed by atoms with Crippen molar-refractivity contribution < 1.29 is 14.3 Å². The van der Waals surface area contributed by atoms with Crippen LogP contribution in [0, 0.1) is 0 Å². The van der Waals surface area contributed by atoms with Gasteiger partial charge in [0.15, 0.2) is 5.70 Å². The van der Waals surface area contributed by atoms with E-state index in [1.807, 2.05) is 0 Å². The summed E-state index contributed by atoms with van der Waals surface area (Å²) in [6.45, 7) is 0. The minimum Gasteiger partial charge on any atom is -0.398 e. The number of benzene rings is 1. The molecule has 0 unspecified atom stereocenters. The highest BCUT2D eigenvalue weighted by molar-refractivity contribution is 6.46. The topological polar surface area (TPSA) is 59.0 Å². The summed E-state index contributed by atoms with van der Waals surface area (Å²) in [5.74, 6) is -1.19. The molecule has 0 aromatic heterocycles. The third-order valence-corrected chi connectivity index (χ3v) is 2.23. The van der Waals surface area contributed by atoms with Crippen LogP contribution in [0.2, 0.25) is 0 Å². The molecule has 0 spiro atoms. The molecule has 1 aromatic rings. The molecule has 0 N–H and O–H groups in total. The van der Waals surface area contributed by atoms with Crippen LogP contribution in [0.1, 0.15) is 10.4 Å². The highest BCUT2D eigenvalue weighted by atomic mass is 16.6. The van der Waals surface area contributed by atoms with E-state index in [4.69, 9.17) is 4.74 Å². The van der Waals surface area contributed by atoms with Gasteiger partial charge in [-0.2, -0.15) is 0 Å². The fourth-order valence-corrected chi connectivity index (χ4v) is 1.45. The molecule has 5 heteroatoms. The van der Waals surface area contributed by atoms with Crippen LogP contribution < -0.4 is 0 Å². The molecule has 0 saturated carbocycles. The standard InChI is InChI=1S/C13H12N2O3/c1-15(2)8-10-13(17)18-12(14-10)11(16)9-6-4-3-5-7-9/h3-8H,1-2H3/b10-8-. The second kappa shape index (κ2) is 4.83. The quantitative estimate of drug-likeness (QED) is 0.456. The Kier molecular flexibility index (Phi) is 3.23. The molecule has 0 fully saturated rings. The number of aliphatic imine (C=N–C) groups is 1. The Morgan fingerprint density at radius 2 is 1.94 bits per heavy atom. The summed E-state index contributed by atoms with van der Waals surface area (Å²) >= 11 is 0. The van der Waals surface area contributed by atoms with Gasteiger partial charge in [-0.3, -0.25) is 4.79 Å². The summed E-state index contributed by atoms with van der Waals surface area (Å²) in [4.78, 5) is 29.0. The zero-order valence-electron chi connectivity index (χ0n) is 10.1. The average molecular weight is 244 g/mol. The lowest BCUT2D eigenvalue weighted by atomic mass is 10.1. The zero-order valence-corrected chi connectivity index (χ0v) is 10.1. The number of nitrogens with zero attached hydrogens (tertiary/aromatic N) is 2. The van der Waals surface area contributed by atoms with Crippen molar-refractivity contribution >= 4 is 17.7 Å². The number of hydrogen-bond donors (Lipinski definition) is 0. The number of hydrogen-bond acceptors (Lipinski definition) is 5. The van der Waals surface area contributed by atoms with E-state index in [9.17, 15) is 9.59 Å². The van der Waals surface area contributed by atoms with Crippen molar-refractivity contribution in [1.82, 2.24) is 4.90 Å². The van der Waals surface area contributed by atoms with Gasteiger partial charge in [-0.05, 0) is 0 Å². The van der Waals surface area contributed by atoms with Crippen molar-refractivity contribution in [2.45, 2.75) is 0 Å². The Hall–Kier alpha value is -2.43. The maximum absolute atomic E-state index is 12.0. The molecule has 0 saturated heterocycles. The SMILES string of the molecule is CN(C)/C=C1\N=C(C(=O)c2ccccc2)OC1=O. The fourth-order valence-electron chi connectivity index (χ4n) is 1.45. The van der Waals surface area contributed by atoms with Gasteiger partial charge >= 0.3 is 5.97 Å². The average Bonchev–Trinajstić information content (AvgIpc) is 2.70. The molecule has 0 atom stereocenters. The van der Waals surface area contributed by atoms with Crippen LogP contribution in [-0.2, 0) is 9.53 Å². The van der Waals surface area contributed by atoms with Gasteiger partial charge < -0.3 is 9.64 Å². The summed E-state index contributed by atoms with van der Waals surface area (Å²) in [6.07, 6.45) is 1.51. The number of ether oxygens (including phenoxy) is 1. The molecule has 0 bridgehead atoms. The largest absolute Gasteiger partial charge is 0.398 e. The van der Waals surface area contributed by atoms with Crippen molar-refractivity contribution in [3.63, 3.8) is 0 Å². The molecule has 1 aliphatic rings. The minimum absolute atomic E-state index is 0.124. The van der Waals surface area contributed by atoms with Gasteiger partial charge in [0.1, 0.15) is 0 Å². The Morgan fingerprint density at radius 1 is 1.28 bits per heavy atom. The van der Waals surface area contributed by atoms with Gasteiger partial charge in [0, 0.05) is 25.9 Å². The van der Waals surface area contributed by atoms with Crippen LogP contribution >= 0.6 is 0 Å². The Bertz CT molecular complexity index is 545. The van der Waals surface area contributed by atoms with E-state index in [2.05, 4.69) is 4.99 Å². The highest BCUT2D eigenvalue weighted by Crippen LogP contribution is 2.14. The van der Waals surface area contributed by atoms with Crippen LogP contribution in [0.4, 0.5) is 0 Å². The van der Waals surface area contributed by atoms with Crippen LogP contribution in [-0.4, -0.2) is 36.6 Å². The maximum atomic E-state index is 12.0. The number of cyclic esters (lactones) is 1. The molecule has 1 aliphatic heterocycles. The molecular formula is C13H12N2O3. The number of ketones is 1. The summed E-state index contributed by atoms with van der Waals surface area (Å²) in [6, 6.07) is 8.57. The van der Waals surface area contributed by atoms with Crippen molar-refractivity contribution in [3.8, 4) is 0 Å². The van der Waals surface area contributed by atoms with Crippen molar-refractivity contribution in [2.24, 2.45) is 4.99 Å². The van der Waals surface area contributed by atoms with Crippen LogP contribution in [0.15, 0.2) is 47.2 Å². The summed E-state index contributed by atoms with van der Waals surface area (Å²) in [7, 11) is 3.51. The third kappa shape index (κ3) is 2.45. The number of carbonyl (C=O) groups excluding carboxylic acids is 2. The molecule has 0 radical (unpaired) electrons. The zero-order chi connectivity index (χ0) is 13.1. The molecule has 92 valence electrons. The molecule has 0 amide bonds. The summed E-state index contributed by atoms with van der Waals surface area (Å²) in [5, 5.41) is 0. The lowest BCUT2D eigenvalue weighted by Gasteiger charge is -2.02. The van der Waals surface area contributed by atoms with Crippen molar-refractivity contribution in [2.75, 3.05) is 14.1 Å². The molecule has 0 aliphatic carbocycles. The van der Waals surface area contributed by atoms with E-state index < -0.39 is 11.8 Å². The third-order valence-electron chi connectivity index (χ3n) is 2.23. The Morgan fingerprint density at radius 3 is 2.56 bits per heavy atom. The van der Waals surface area contributed by atoms with Gasteiger partial charge in [0.25, 0.3) is 5.90 Å². The first-order chi connectivity index (χ1) is 8.58. The fraction of sp³-hybridized carbons (Fsp3) is 0.154. The molecule has 18 heavy (non-hydrogen) atoms. The van der Waals surface area contributed by atoms with Gasteiger partial charge in [-0.25, -0.2) is 9.79 Å². The lowest BCUT2D eigenvalue weighted by molar-refractivity contribution is -0.130. The van der Waals surface area contributed by atoms with Crippen LogP contribution in [0.3, 0.4) is 0 Å². The van der Waals surface area contributed by atoms with E-state index in [0.29, 0.717) is 5.56 Å². The van der Waals surface area contributed by atoms with Crippen LogP contribution in [0.5, 0.6) is 0 Å². The Balaban J connectivity index is 2.26. The smallest absolute Gasteiger partial charge is 0.365 e. The summed E-state index contributed by atoms with van der Waals surface area (Å²) < 4.78 is 4.86. The Labute approximate surface area is 104 Å². The first-order valence-electron chi connectivity index (χ1n) is 5.37. The molecule has 1 heterocycles. The van der Waals surface area contributed by atoms with Crippen LogP contribution in [0.25, 0.3) is 0 Å². The van der Waals surface area contributed by atoms with Gasteiger partial charge in [0.2, 0.25) is 5.78 Å². The normalized spacial score (nSPS) is 16.4.